The zero-order valence-corrected chi connectivity index (χ0v) is 15.3. The first-order chi connectivity index (χ1) is 13.2. The first-order valence-electron chi connectivity index (χ1n) is 9.76. The highest BCUT2D eigenvalue weighted by Crippen LogP contribution is 2.55. The van der Waals surface area contributed by atoms with Crippen molar-refractivity contribution in [3.05, 3.63) is 66.0 Å². The lowest BCUT2D eigenvalue weighted by Crippen LogP contribution is -2.56. The van der Waals surface area contributed by atoms with Crippen LogP contribution in [0.3, 0.4) is 0 Å². The van der Waals surface area contributed by atoms with Gasteiger partial charge in [-0.1, -0.05) is 36.8 Å². The number of carbonyl (C=O) groups excluding carboxylic acids is 2. The molecule has 0 bridgehead atoms. The fourth-order valence-electron chi connectivity index (χ4n) is 4.77. The zero-order chi connectivity index (χ0) is 18.6. The fraction of sp³-hybridized carbons (Fsp3) is 0.409. The normalized spacial score (nSPS) is 25.9. The van der Waals surface area contributed by atoms with E-state index in [1.54, 1.807) is 18.3 Å². The van der Waals surface area contributed by atoms with Crippen molar-refractivity contribution in [2.24, 2.45) is 11.8 Å². The molecular weight excluding hydrogens is 338 g/mol. The molecule has 2 aromatic rings. The number of amides is 2. The number of aromatic nitrogens is 1. The summed E-state index contributed by atoms with van der Waals surface area (Å²) in [5.74, 6) is 1.54. The molecule has 1 heterocycles. The summed E-state index contributed by atoms with van der Waals surface area (Å²) < 4.78 is 0. The van der Waals surface area contributed by atoms with Crippen LogP contribution in [0.5, 0.6) is 0 Å². The Balaban J connectivity index is 1.30. The average molecular weight is 363 g/mol. The summed E-state index contributed by atoms with van der Waals surface area (Å²) in [6.07, 6.45) is 7.17. The van der Waals surface area contributed by atoms with E-state index < -0.39 is 0 Å². The number of nitrogens with one attached hydrogen (secondary N) is 2. The Hall–Kier alpha value is -2.69. The largest absolute Gasteiger partial charge is 0.352 e. The zero-order valence-electron chi connectivity index (χ0n) is 15.3. The van der Waals surface area contributed by atoms with Crippen LogP contribution in [0.15, 0.2) is 54.9 Å². The number of pyridine rings is 1. The maximum atomic E-state index is 12.5. The number of hydrogen-bond acceptors (Lipinski definition) is 3. The third kappa shape index (κ3) is 3.72. The predicted octanol–water partition coefficient (Wildman–Crippen LogP) is 2.90. The smallest absolute Gasteiger partial charge is 0.252 e. The molecule has 1 aromatic carbocycles. The van der Waals surface area contributed by atoms with Crippen molar-refractivity contribution in [1.29, 1.82) is 0 Å². The van der Waals surface area contributed by atoms with Gasteiger partial charge in [-0.2, -0.15) is 0 Å². The van der Waals surface area contributed by atoms with Crippen LogP contribution >= 0.6 is 0 Å². The quantitative estimate of drug-likeness (QED) is 0.829. The Morgan fingerprint density at radius 1 is 1.04 bits per heavy atom. The van der Waals surface area contributed by atoms with E-state index in [-0.39, 0.29) is 17.9 Å². The Morgan fingerprint density at radius 2 is 1.85 bits per heavy atom. The van der Waals surface area contributed by atoms with E-state index in [2.05, 4.69) is 39.9 Å². The van der Waals surface area contributed by atoms with Gasteiger partial charge < -0.3 is 10.6 Å². The molecule has 0 aliphatic heterocycles. The van der Waals surface area contributed by atoms with Crippen molar-refractivity contribution >= 4 is 11.8 Å². The number of rotatable bonds is 6. The van der Waals surface area contributed by atoms with Crippen molar-refractivity contribution in [2.75, 3.05) is 6.54 Å². The highest BCUT2D eigenvalue weighted by atomic mass is 16.2. The third-order valence-electron chi connectivity index (χ3n) is 6.01. The summed E-state index contributed by atoms with van der Waals surface area (Å²) in [4.78, 5) is 28.4. The first kappa shape index (κ1) is 17.7. The van der Waals surface area contributed by atoms with Gasteiger partial charge in [-0.25, -0.2) is 0 Å². The van der Waals surface area contributed by atoms with E-state index in [4.69, 9.17) is 0 Å². The van der Waals surface area contributed by atoms with Gasteiger partial charge in [-0.15, -0.1) is 0 Å². The van der Waals surface area contributed by atoms with Crippen molar-refractivity contribution in [3.8, 4) is 0 Å². The van der Waals surface area contributed by atoms with Crippen molar-refractivity contribution in [3.63, 3.8) is 0 Å². The van der Waals surface area contributed by atoms with E-state index in [0.717, 1.165) is 0 Å². The Labute approximate surface area is 159 Å². The molecule has 0 radical (unpaired) electrons. The van der Waals surface area contributed by atoms with Crippen molar-refractivity contribution < 1.29 is 9.59 Å². The minimum atomic E-state index is -0.197. The minimum Gasteiger partial charge on any atom is -0.352 e. The SMILES string of the molecule is O=C(CCNC(=O)c1cccnc1)N[C@@H]1[C@@H]2CCC[C@H]2[C@@H]1c1ccccc1. The molecule has 27 heavy (non-hydrogen) atoms. The second kappa shape index (κ2) is 7.91. The molecule has 2 aliphatic carbocycles. The monoisotopic (exact) mass is 363 g/mol. The Bertz CT molecular complexity index is 794. The molecule has 0 unspecified atom stereocenters. The molecule has 0 spiro atoms. The molecule has 1 aromatic heterocycles. The summed E-state index contributed by atoms with van der Waals surface area (Å²) in [6, 6.07) is 14.2. The molecule has 4 rings (SSSR count). The van der Waals surface area contributed by atoms with Gasteiger partial charge in [-0.05, 0) is 42.4 Å². The number of nitrogens with zero attached hydrogens (tertiary/aromatic N) is 1. The molecule has 0 saturated heterocycles. The van der Waals surface area contributed by atoms with E-state index in [9.17, 15) is 9.59 Å². The molecular formula is C22H25N3O2. The molecule has 5 heteroatoms. The van der Waals surface area contributed by atoms with Crippen LogP contribution in [-0.2, 0) is 4.79 Å². The van der Waals surface area contributed by atoms with Crippen LogP contribution in [0, 0.1) is 11.8 Å². The number of benzene rings is 1. The molecule has 2 fully saturated rings. The highest BCUT2D eigenvalue weighted by molar-refractivity contribution is 5.94. The second-order valence-corrected chi connectivity index (χ2v) is 7.54. The van der Waals surface area contributed by atoms with Gasteiger partial charge in [0.05, 0.1) is 5.56 Å². The maximum Gasteiger partial charge on any atom is 0.252 e. The number of hydrogen-bond donors (Lipinski definition) is 2. The van der Waals surface area contributed by atoms with Crippen LogP contribution in [0.2, 0.25) is 0 Å². The lowest BCUT2D eigenvalue weighted by molar-refractivity contribution is -0.123. The number of fused-ring (bicyclic) bond motifs is 1. The van der Waals surface area contributed by atoms with E-state index >= 15 is 0 Å². The molecule has 2 N–H and O–H groups in total. The van der Waals surface area contributed by atoms with Crippen LogP contribution in [0.1, 0.15) is 47.5 Å². The van der Waals surface area contributed by atoms with Gasteiger partial charge in [0, 0.05) is 37.3 Å². The van der Waals surface area contributed by atoms with Crippen LogP contribution in [-0.4, -0.2) is 29.4 Å². The highest BCUT2D eigenvalue weighted by Gasteiger charge is 2.53. The lowest BCUT2D eigenvalue weighted by Gasteiger charge is -2.49. The van der Waals surface area contributed by atoms with E-state index in [1.165, 1.54) is 31.0 Å². The van der Waals surface area contributed by atoms with Crippen molar-refractivity contribution in [2.45, 2.75) is 37.6 Å². The number of carbonyl (C=O) groups is 2. The summed E-state index contributed by atoms with van der Waals surface area (Å²) in [5.41, 5.74) is 1.84. The Kier molecular flexibility index (Phi) is 5.19. The molecule has 4 atom stereocenters. The lowest BCUT2D eigenvalue weighted by atomic mass is 9.60. The fourth-order valence-corrected chi connectivity index (χ4v) is 4.77. The second-order valence-electron chi connectivity index (χ2n) is 7.54. The molecule has 2 aliphatic rings. The Morgan fingerprint density at radius 3 is 2.63 bits per heavy atom. The van der Waals surface area contributed by atoms with Gasteiger partial charge in [-0.3, -0.25) is 14.6 Å². The van der Waals surface area contributed by atoms with Crippen LogP contribution in [0.4, 0.5) is 0 Å². The van der Waals surface area contributed by atoms with Gasteiger partial charge in [0.15, 0.2) is 0 Å². The third-order valence-corrected chi connectivity index (χ3v) is 6.01. The maximum absolute atomic E-state index is 12.5. The topological polar surface area (TPSA) is 71.1 Å². The first-order valence-corrected chi connectivity index (χ1v) is 9.76. The molecule has 2 amide bonds. The summed E-state index contributed by atoms with van der Waals surface area (Å²) in [6.45, 7) is 0.330. The van der Waals surface area contributed by atoms with E-state index in [1.807, 2.05) is 6.07 Å². The molecule has 140 valence electrons. The molecule has 5 nitrogen and oxygen atoms in total. The van der Waals surface area contributed by atoms with Gasteiger partial charge in [0.25, 0.3) is 5.91 Å². The summed E-state index contributed by atoms with van der Waals surface area (Å²) >= 11 is 0. The summed E-state index contributed by atoms with van der Waals surface area (Å²) in [5, 5.41) is 6.04. The van der Waals surface area contributed by atoms with Crippen LogP contribution < -0.4 is 10.6 Å². The molecule has 2 saturated carbocycles. The summed E-state index contributed by atoms with van der Waals surface area (Å²) in [7, 11) is 0. The minimum absolute atomic E-state index is 0.0118. The van der Waals surface area contributed by atoms with Crippen LogP contribution in [0.25, 0.3) is 0 Å². The van der Waals surface area contributed by atoms with Gasteiger partial charge in [0.2, 0.25) is 5.91 Å². The average Bonchev–Trinajstić information content (AvgIpc) is 3.11. The van der Waals surface area contributed by atoms with Gasteiger partial charge in [0.1, 0.15) is 0 Å². The van der Waals surface area contributed by atoms with E-state index in [0.29, 0.717) is 36.3 Å². The standard InChI is InChI=1S/C22H25N3O2/c26-19(11-13-24-22(27)16-8-5-12-23-14-16)25-21-18-10-4-9-17(18)20(21)15-6-2-1-3-7-15/h1-3,5-8,12,14,17-18,20-21H,4,9-11,13H2,(H,24,27)(H,25,26)/t17-,18-,20+,21-/m1/s1. The van der Waals surface area contributed by atoms with Crippen molar-refractivity contribution in [1.82, 2.24) is 15.6 Å². The van der Waals surface area contributed by atoms with Gasteiger partial charge >= 0.3 is 0 Å². The predicted molar refractivity (Wildman–Crippen MR) is 103 cm³/mol.